The van der Waals surface area contributed by atoms with Gasteiger partial charge in [0.05, 0.1) is 11.3 Å². The van der Waals surface area contributed by atoms with Crippen LogP contribution in [0.25, 0.3) is 16.9 Å². The summed E-state index contributed by atoms with van der Waals surface area (Å²) < 4.78 is 2.01. The Balaban J connectivity index is 1.64. The fourth-order valence-corrected chi connectivity index (χ4v) is 3.52. The number of aromatic nitrogens is 2. The van der Waals surface area contributed by atoms with Gasteiger partial charge in [0.2, 0.25) is 0 Å². The maximum absolute atomic E-state index is 12.7. The quantitative estimate of drug-likeness (QED) is 0.483. The number of imidazole rings is 1. The Hall–Kier alpha value is -3.41. The third-order valence-corrected chi connectivity index (χ3v) is 5.21. The number of hydrogen-bond acceptors (Lipinski definition) is 4. The van der Waals surface area contributed by atoms with Crippen molar-refractivity contribution in [3.8, 4) is 11.3 Å². The minimum absolute atomic E-state index is 0.0598. The normalized spacial score (nSPS) is 14.3. The monoisotopic (exact) mass is 387 g/mol. The number of likely N-dealkylation sites (tertiary alicyclic amines) is 1. The smallest absolute Gasteiger partial charge is 0.257 e. The van der Waals surface area contributed by atoms with Crippen molar-refractivity contribution in [2.24, 2.45) is 0 Å². The van der Waals surface area contributed by atoms with Gasteiger partial charge < -0.3 is 20.0 Å². The highest BCUT2D eigenvalue weighted by atomic mass is 16.2. The summed E-state index contributed by atoms with van der Waals surface area (Å²) in [4.78, 5) is 19.2. The Bertz CT molecular complexity index is 1060. The van der Waals surface area contributed by atoms with E-state index in [-0.39, 0.29) is 5.91 Å². The first-order valence-corrected chi connectivity index (χ1v) is 9.99. The zero-order valence-corrected chi connectivity index (χ0v) is 16.6. The second-order valence-corrected chi connectivity index (χ2v) is 7.18. The van der Waals surface area contributed by atoms with Crippen LogP contribution in [0.3, 0.4) is 0 Å². The Morgan fingerprint density at radius 2 is 2.03 bits per heavy atom. The molecule has 0 radical (unpaired) electrons. The Kier molecular flexibility index (Phi) is 5.42. The molecule has 0 unspecified atom stereocenters. The van der Waals surface area contributed by atoms with Crippen LogP contribution in [0.1, 0.15) is 18.9 Å². The molecule has 2 N–H and O–H groups in total. The molecule has 0 spiro atoms. The number of nitrogens with zero attached hydrogens (tertiary/aromatic N) is 3. The van der Waals surface area contributed by atoms with E-state index in [0.29, 0.717) is 18.5 Å². The van der Waals surface area contributed by atoms with Crippen LogP contribution in [0, 0.1) is 5.41 Å². The maximum atomic E-state index is 12.7. The van der Waals surface area contributed by atoms with Gasteiger partial charge in [0.1, 0.15) is 5.65 Å². The van der Waals surface area contributed by atoms with E-state index in [1.807, 2.05) is 66.2 Å². The van der Waals surface area contributed by atoms with E-state index in [4.69, 9.17) is 10.4 Å². The number of rotatable bonds is 7. The molecule has 1 aliphatic rings. The molecule has 0 aliphatic carbocycles. The molecule has 1 fully saturated rings. The van der Waals surface area contributed by atoms with Crippen molar-refractivity contribution in [3.63, 3.8) is 0 Å². The molecule has 3 aromatic rings. The van der Waals surface area contributed by atoms with Crippen LogP contribution < -0.4 is 5.32 Å². The number of benzene rings is 1. The van der Waals surface area contributed by atoms with Crippen LogP contribution >= 0.6 is 0 Å². The van der Waals surface area contributed by atoms with E-state index in [2.05, 4.69) is 5.32 Å². The molecule has 3 heterocycles. The van der Waals surface area contributed by atoms with E-state index in [1.165, 1.54) is 6.21 Å². The van der Waals surface area contributed by atoms with E-state index in [1.54, 1.807) is 4.90 Å². The third-order valence-electron chi connectivity index (χ3n) is 5.21. The number of likely N-dealkylation sites (N-methyl/N-ethyl adjacent to an activating group) is 1. The van der Waals surface area contributed by atoms with Crippen molar-refractivity contribution in [1.29, 1.82) is 5.41 Å². The third kappa shape index (κ3) is 3.92. The predicted octanol–water partition coefficient (Wildman–Crippen LogP) is 3.29. The number of hydrogen-bond donors (Lipinski definition) is 2. The molecule has 0 atom stereocenters. The van der Waals surface area contributed by atoms with E-state index < -0.39 is 0 Å². The molecule has 0 bridgehead atoms. The summed E-state index contributed by atoms with van der Waals surface area (Å²) in [5, 5.41) is 11.1. The van der Waals surface area contributed by atoms with Crippen molar-refractivity contribution < 1.29 is 4.79 Å². The number of fused-ring (bicyclic) bond motifs is 1. The van der Waals surface area contributed by atoms with Gasteiger partial charge in [-0.15, -0.1) is 0 Å². The van der Waals surface area contributed by atoms with Gasteiger partial charge in [0.15, 0.2) is 0 Å². The lowest BCUT2D eigenvalue weighted by molar-refractivity contribution is -0.129. The van der Waals surface area contributed by atoms with Gasteiger partial charge in [-0.05, 0) is 31.0 Å². The summed E-state index contributed by atoms with van der Waals surface area (Å²) in [7, 11) is 0. The lowest BCUT2D eigenvalue weighted by Crippen LogP contribution is -2.44. The second-order valence-electron chi connectivity index (χ2n) is 7.18. The molecule has 1 aromatic carbocycles. The van der Waals surface area contributed by atoms with Crippen LogP contribution in [-0.4, -0.2) is 46.0 Å². The molecule has 1 aliphatic heterocycles. The summed E-state index contributed by atoms with van der Waals surface area (Å²) >= 11 is 0. The summed E-state index contributed by atoms with van der Waals surface area (Å²) in [6, 6.07) is 14.2. The molecule has 2 aromatic heterocycles. The number of carbonyl (C=O) groups excluding carboxylic acids is 1. The molecule has 4 rings (SSSR count). The van der Waals surface area contributed by atoms with Crippen molar-refractivity contribution in [2.75, 3.05) is 19.6 Å². The standard InChI is InChI=1S/C23H25N5O/c1-2-25-20(19(15-24)23(29)27-10-6-11-27)13-17-9-12-28-16-21(26-22(28)14-17)18-7-4-3-5-8-18/h3-5,7-9,12,14-16,24-25H,2,6,10-11,13H2,1H3/b20-19+,24-15?. The SMILES string of the molecule is CCN/C(Cc1ccn2cc(-c3ccccc3)nc2c1)=C(\C=N)C(=O)N1CCC1. The highest BCUT2D eigenvalue weighted by Crippen LogP contribution is 2.21. The largest absolute Gasteiger partial charge is 0.388 e. The minimum Gasteiger partial charge on any atom is -0.388 e. The molecule has 148 valence electrons. The van der Waals surface area contributed by atoms with Crippen LogP contribution in [-0.2, 0) is 11.2 Å². The molecule has 6 heteroatoms. The van der Waals surface area contributed by atoms with Gasteiger partial charge in [0.25, 0.3) is 5.91 Å². The first-order chi connectivity index (χ1) is 14.2. The van der Waals surface area contributed by atoms with Gasteiger partial charge in [-0.25, -0.2) is 4.98 Å². The lowest BCUT2D eigenvalue weighted by atomic mass is 10.0. The molecular weight excluding hydrogens is 362 g/mol. The first kappa shape index (κ1) is 18.9. The van der Waals surface area contributed by atoms with E-state index >= 15 is 0 Å². The first-order valence-electron chi connectivity index (χ1n) is 9.99. The molecule has 29 heavy (non-hydrogen) atoms. The van der Waals surface area contributed by atoms with Crippen LogP contribution in [0.15, 0.2) is 66.1 Å². The Morgan fingerprint density at radius 1 is 1.24 bits per heavy atom. The molecule has 6 nitrogen and oxygen atoms in total. The topological polar surface area (TPSA) is 73.5 Å². The summed E-state index contributed by atoms with van der Waals surface area (Å²) in [6.45, 7) is 4.25. The lowest BCUT2D eigenvalue weighted by Gasteiger charge is -2.31. The van der Waals surface area contributed by atoms with E-state index in [9.17, 15) is 4.79 Å². The molecular formula is C23H25N5O. The number of pyridine rings is 1. The molecule has 0 saturated carbocycles. The zero-order valence-electron chi connectivity index (χ0n) is 16.6. The number of allylic oxidation sites excluding steroid dienone is 1. The van der Waals surface area contributed by atoms with Gasteiger partial charge in [-0.3, -0.25) is 4.79 Å². The van der Waals surface area contributed by atoms with Gasteiger partial charge in [-0.1, -0.05) is 30.3 Å². The average molecular weight is 387 g/mol. The van der Waals surface area contributed by atoms with Crippen LogP contribution in [0.5, 0.6) is 0 Å². The van der Waals surface area contributed by atoms with Gasteiger partial charge in [-0.2, -0.15) is 0 Å². The maximum Gasteiger partial charge on any atom is 0.257 e. The summed E-state index contributed by atoms with van der Waals surface area (Å²) in [6.07, 6.45) is 6.79. The fourth-order valence-electron chi connectivity index (χ4n) is 3.52. The highest BCUT2D eigenvalue weighted by Gasteiger charge is 2.24. The number of amides is 1. The minimum atomic E-state index is -0.0598. The van der Waals surface area contributed by atoms with E-state index in [0.717, 1.165) is 47.7 Å². The Morgan fingerprint density at radius 3 is 2.69 bits per heavy atom. The fraction of sp³-hybridized carbons (Fsp3) is 0.261. The summed E-state index contributed by atoms with van der Waals surface area (Å²) in [5.41, 5.74) is 5.16. The van der Waals surface area contributed by atoms with Crippen molar-refractivity contribution >= 4 is 17.8 Å². The number of carbonyl (C=O) groups is 1. The zero-order chi connectivity index (χ0) is 20.2. The van der Waals surface area contributed by atoms with Crippen LogP contribution in [0.4, 0.5) is 0 Å². The van der Waals surface area contributed by atoms with Crippen LogP contribution in [0.2, 0.25) is 0 Å². The molecule has 1 saturated heterocycles. The second kappa shape index (κ2) is 8.31. The molecule has 1 amide bonds. The predicted molar refractivity (Wildman–Crippen MR) is 115 cm³/mol. The van der Waals surface area contributed by atoms with Gasteiger partial charge in [0, 0.05) is 55.9 Å². The highest BCUT2D eigenvalue weighted by molar-refractivity contribution is 6.12. The van der Waals surface area contributed by atoms with Gasteiger partial charge >= 0.3 is 0 Å². The Labute approximate surface area is 170 Å². The van der Waals surface area contributed by atoms with Crippen molar-refractivity contribution in [1.82, 2.24) is 19.6 Å². The van der Waals surface area contributed by atoms with Crippen molar-refractivity contribution in [2.45, 2.75) is 19.8 Å². The van der Waals surface area contributed by atoms with Crippen molar-refractivity contribution in [3.05, 3.63) is 71.7 Å². The average Bonchev–Trinajstić information content (AvgIpc) is 3.11. The summed E-state index contributed by atoms with van der Waals surface area (Å²) in [5.74, 6) is -0.0598. The number of nitrogens with one attached hydrogen (secondary N) is 2.